The second-order valence-corrected chi connectivity index (χ2v) is 9.07. The molecule has 1 aliphatic carbocycles. The molecule has 6 rings (SSSR count). The number of benzene rings is 1. The van der Waals surface area contributed by atoms with Crippen molar-refractivity contribution in [1.82, 2.24) is 0 Å². The predicted molar refractivity (Wildman–Crippen MR) is 98.8 cm³/mol. The molecule has 4 aliphatic heterocycles. The second-order valence-electron chi connectivity index (χ2n) is 9.07. The average Bonchev–Trinajstić information content (AvgIpc) is 2.91. The lowest BCUT2D eigenvalue weighted by molar-refractivity contribution is -0.571. The summed E-state index contributed by atoms with van der Waals surface area (Å²) in [6.45, 7) is 6.59. The Bertz CT molecular complexity index is 722. The predicted octanol–water partition coefficient (Wildman–Crippen LogP) is 4.62. The molecule has 5 nitrogen and oxygen atoms in total. The van der Waals surface area contributed by atoms with Crippen LogP contribution in [0.1, 0.15) is 58.1 Å². The van der Waals surface area contributed by atoms with Gasteiger partial charge in [-0.3, -0.25) is 0 Å². The molecule has 5 fully saturated rings. The molecule has 2 bridgehead atoms. The fourth-order valence-corrected chi connectivity index (χ4v) is 6.16. The van der Waals surface area contributed by atoms with Gasteiger partial charge in [0.1, 0.15) is 5.75 Å². The molecular formula is C22H30O5. The Kier molecular flexibility index (Phi) is 4.10. The lowest BCUT2D eigenvalue weighted by Crippen LogP contribution is -2.69. The summed E-state index contributed by atoms with van der Waals surface area (Å²) in [6, 6.07) is 8.15. The third-order valence-corrected chi connectivity index (χ3v) is 7.60. The third kappa shape index (κ3) is 2.45. The molecule has 1 aromatic rings. The molecule has 27 heavy (non-hydrogen) atoms. The molecule has 0 N–H and O–H groups in total. The summed E-state index contributed by atoms with van der Waals surface area (Å²) in [5.41, 5.74) is 0.582. The van der Waals surface area contributed by atoms with E-state index in [9.17, 15) is 0 Å². The molecule has 5 heteroatoms. The van der Waals surface area contributed by atoms with Crippen molar-refractivity contribution in [2.75, 3.05) is 7.11 Å². The summed E-state index contributed by atoms with van der Waals surface area (Å²) >= 11 is 0. The van der Waals surface area contributed by atoms with E-state index >= 15 is 0 Å². The van der Waals surface area contributed by atoms with Crippen LogP contribution in [0, 0.1) is 23.7 Å². The zero-order valence-electron chi connectivity index (χ0n) is 16.6. The molecule has 4 heterocycles. The van der Waals surface area contributed by atoms with Gasteiger partial charge in [0.05, 0.1) is 13.2 Å². The van der Waals surface area contributed by atoms with Crippen molar-refractivity contribution in [2.24, 2.45) is 23.7 Å². The first-order valence-corrected chi connectivity index (χ1v) is 10.3. The Labute approximate surface area is 161 Å². The zero-order chi connectivity index (χ0) is 18.8. The van der Waals surface area contributed by atoms with Crippen LogP contribution in [0.3, 0.4) is 0 Å². The Morgan fingerprint density at radius 2 is 1.85 bits per heavy atom. The largest absolute Gasteiger partial charge is 0.496 e. The minimum atomic E-state index is -0.733. The first kappa shape index (κ1) is 17.9. The van der Waals surface area contributed by atoms with Crippen molar-refractivity contribution in [2.45, 2.75) is 70.2 Å². The highest BCUT2D eigenvalue weighted by Crippen LogP contribution is 2.62. The highest BCUT2D eigenvalue weighted by Gasteiger charge is 2.69. The molecule has 0 aromatic heterocycles. The van der Waals surface area contributed by atoms with Gasteiger partial charge in [0, 0.05) is 17.9 Å². The number of para-hydroxylation sites is 1. The summed E-state index contributed by atoms with van der Waals surface area (Å²) < 4.78 is 18.8. The minimum Gasteiger partial charge on any atom is -0.496 e. The van der Waals surface area contributed by atoms with Crippen LogP contribution in [0.2, 0.25) is 0 Å². The van der Waals surface area contributed by atoms with Gasteiger partial charge in [0.25, 0.3) is 0 Å². The number of rotatable bonds is 2. The molecule has 0 amide bonds. The highest BCUT2D eigenvalue weighted by molar-refractivity contribution is 5.36. The minimum absolute atomic E-state index is 0.0811. The normalized spacial score (nSPS) is 48.6. The van der Waals surface area contributed by atoms with E-state index in [4.69, 9.17) is 24.0 Å². The monoisotopic (exact) mass is 374 g/mol. The first-order chi connectivity index (χ1) is 13.0. The van der Waals surface area contributed by atoms with Gasteiger partial charge in [-0.1, -0.05) is 32.0 Å². The van der Waals surface area contributed by atoms with E-state index in [0.29, 0.717) is 17.8 Å². The zero-order valence-corrected chi connectivity index (χ0v) is 16.6. The molecule has 4 saturated heterocycles. The number of fused-ring (bicyclic) bond motifs is 2. The number of methoxy groups -OCH3 is 1. The van der Waals surface area contributed by atoms with E-state index in [1.807, 2.05) is 25.1 Å². The molecule has 0 radical (unpaired) electrons. The number of ether oxygens (including phenoxy) is 3. The van der Waals surface area contributed by atoms with Gasteiger partial charge < -0.3 is 14.2 Å². The maximum atomic E-state index is 6.68. The fourth-order valence-electron chi connectivity index (χ4n) is 6.16. The summed E-state index contributed by atoms with van der Waals surface area (Å²) in [6.07, 6.45) is 3.72. The van der Waals surface area contributed by atoms with Crippen molar-refractivity contribution < 1.29 is 24.0 Å². The summed E-state index contributed by atoms with van der Waals surface area (Å²) in [5, 5.41) is 0. The van der Waals surface area contributed by atoms with E-state index in [1.165, 1.54) is 6.42 Å². The molecule has 8 atom stereocenters. The maximum absolute atomic E-state index is 6.68. The summed E-state index contributed by atoms with van der Waals surface area (Å²) in [5.74, 6) is 1.72. The molecule has 5 aliphatic rings. The van der Waals surface area contributed by atoms with Crippen molar-refractivity contribution in [3.63, 3.8) is 0 Å². The Morgan fingerprint density at radius 1 is 1.04 bits per heavy atom. The maximum Gasteiger partial charge on any atom is 0.201 e. The quantitative estimate of drug-likeness (QED) is 0.707. The smallest absolute Gasteiger partial charge is 0.201 e. The molecule has 0 unspecified atom stereocenters. The average molecular weight is 374 g/mol. The van der Waals surface area contributed by atoms with Gasteiger partial charge in [-0.15, -0.1) is 0 Å². The van der Waals surface area contributed by atoms with Crippen LogP contribution >= 0.6 is 0 Å². The molecular weight excluding hydrogens is 344 g/mol. The van der Waals surface area contributed by atoms with E-state index in [1.54, 1.807) is 7.11 Å². The van der Waals surface area contributed by atoms with Crippen molar-refractivity contribution >= 4 is 0 Å². The standard InChI is InChI=1S/C22H30O5/c1-13-9-10-17-14(2)19(15-7-5-6-8-18(15)23-4)24-20-22(17)16(13)11-12-21(3,25-20)26-27-22/h5-8,13-14,16-17,19-20H,9-12H2,1-4H3/t13-,14-,16+,17+,19+,20-,21+,22-/m1/s1. The second kappa shape index (κ2) is 6.18. The lowest BCUT2D eigenvalue weighted by Gasteiger charge is -2.60. The fraction of sp³-hybridized carbons (Fsp3) is 0.727. The van der Waals surface area contributed by atoms with Gasteiger partial charge in [-0.2, -0.15) is 0 Å². The number of hydrogen-bond donors (Lipinski definition) is 0. The third-order valence-electron chi connectivity index (χ3n) is 7.60. The molecule has 1 aromatic carbocycles. The van der Waals surface area contributed by atoms with Crippen LogP contribution in [0.25, 0.3) is 0 Å². The number of hydrogen-bond acceptors (Lipinski definition) is 5. The lowest BCUT2D eigenvalue weighted by atomic mass is 9.57. The first-order valence-electron chi connectivity index (χ1n) is 10.3. The van der Waals surface area contributed by atoms with Crippen molar-refractivity contribution in [3.8, 4) is 5.75 Å². The summed E-state index contributed by atoms with van der Waals surface area (Å²) in [4.78, 5) is 12.1. The summed E-state index contributed by atoms with van der Waals surface area (Å²) in [7, 11) is 1.72. The Balaban J connectivity index is 1.59. The Hall–Kier alpha value is -1.14. The van der Waals surface area contributed by atoms with Crippen LogP contribution in [-0.2, 0) is 19.2 Å². The van der Waals surface area contributed by atoms with Crippen LogP contribution in [0.15, 0.2) is 24.3 Å². The van der Waals surface area contributed by atoms with E-state index in [2.05, 4.69) is 19.9 Å². The molecule has 148 valence electrons. The van der Waals surface area contributed by atoms with Gasteiger partial charge >= 0.3 is 0 Å². The van der Waals surface area contributed by atoms with Crippen molar-refractivity contribution in [3.05, 3.63) is 29.8 Å². The van der Waals surface area contributed by atoms with Crippen LogP contribution in [-0.4, -0.2) is 24.8 Å². The highest BCUT2D eigenvalue weighted by atomic mass is 17.3. The van der Waals surface area contributed by atoms with E-state index in [0.717, 1.165) is 30.6 Å². The van der Waals surface area contributed by atoms with Crippen LogP contribution < -0.4 is 4.74 Å². The van der Waals surface area contributed by atoms with Gasteiger partial charge in [-0.25, -0.2) is 9.78 Å². The molecule has 1 spiro atoms. The Morgan fingerprint density at radius 3 is 2.67 bits per heavy atom. The van der Waals surface area contributed by atoms with Gasteiger partial charge in [0.2, 0.25) is 5.79 Å². The topological polar surface area (TPSA) is 46.2 Å². The van der Waals surface area contributed by atoms with Gasteiger partial charge in [-0.05, 0) is 50.0 Å². The van der Waals surface area contributed by atoms with Gasteiger partial charge in [0.15, 0.2) is 11.9 Å². The van der Waals surface area contributed by atoms with E-state index < -0.39 is 17.7 Å². The van der Waals surface area contributed by atoms with Crippen LogP contribution in [0.5, 0.6) is 5.75 Å². The SMILES string of the molecule is COc1ccccc1[C@H]1O[C@@H]2O[C@]3(C)CC[C@H]4[C@H](C)CC[C@@H]([C@H]1C)[C@@]24OO3. The van der Waals surface area contributed by atoms with Crippen molar-refractivity contribution in [1.29, 1.82) is 0 Å². The molecule has 1 saturated carbocycles. The van der Waals surface area contributed by atoms with Crippen LogP contribution in [0.4, 0.5) is 0 Å². The van der Waals surface area contributed by atoms with E-state index in [-0.39, 0.29) is 12.0 Å².